The molecule has 0 bridgehead atoms. The molecule has 0 saturated carbocycles. The summed E-state index contributed by atoms with van der Waals surface area (Å²) in [5.41, 5.74) is 0.567. The summed E-state index contributed by atoms with van der Waals surface area (Å²) in [5.74, 6) is -0.391. The van der Waals surface area contributed by atoms with E-state index in [0.717, 1.165) is 5.56 Å². The molecule has 0 saturated heterocycles. The lowest BCUT2D eigenvalue weighted by Crippen LogP contribution is -2.23. The first-order chi connectivity index (χ1) is 10.5. The molecular formula is C16H12BrNO4. The molecule has 3 aromatic rings. The van der Waals surface area contributed by atoms with E-state index in [9.17, 15) is 14.7 Å². The summed E-state index contributed by atoms with van der Waals surface area (Å²) in [6, 6.07) is 11.1. The smallest absolute Gasteiger partial charge is 0.354 e. The summed E-state index contributed by atoms with van der Waals surface area (Å²) < 4.78 is 6.45. The number of hydrogen-bond acceptors (Lipinski definition) is 4. The number of hydrogen-bond donors (Lipinski definition) is 1. The van der Waals surface area contributed by atoms with Crippen LogP contribution in [0.3, 0.4) is 0 Å². The molecule has 0 spiro atoms. The number of rotatable bonds is 2. The van der Waals surface area contributed by atoms with Gasteiger partial charge in [0.15, 0.2) is 5.75 Å². The Balaban J connectivity index is 2.29. The Morgan fingerprint density at radius 1 is 1.23 bits per heavy atom. The Hall–Kier alpha value is -2.34. The van der Waals surface area contributed by atoms with Crippen LogP contribution in [-0.2, 0) is 6.54 Å². The van der Waals surface area contributed by atoms with Crippen molar-refractivity contribution in [1.82, 2.24) is 4.57 Å². The molecule has 22 heavy (non-hydrogen) atoms. The SMILES string of the molecule is Cc1cc2oc(=O)c(Br)c(O)c2c(=O)n1Cc1ccccc1. The molecule has 2 heterocycles. The van der Waals surface area contributed by atoms with Gasteiger partial charge in [-0.05, 0) is 28.4 Å². The van der Waals surface area contributed by atoms with Gasteiger partial charge < -0.3 is 14.1 Å². The van der Waals surface area contributed by atoms with Crippen LogP contribution in [-0.4, -0.2) is 9.67 Å². The van der Waals surface area contributed by atoms with E-state index in [-0.39, 0.29) is 15.4 Å². The van der Waals surface area contributed by atoms with Crippen molar-refractivity contribution < 1.29 is 9.52 Å². The van der Waals surface area contributed by atoms with Gasteiger partial charge in [-0.15, -0.1) is 0 Å². The van der Waals surface area contributed by atoms with Crippen LogP contribution in [0.1, 0.15) is 11.3 Å². The van der Waals surface area contributed by atoms with Gasteiger partial charge in [-0.25, -0.2) is 4.79 Å². The lowest BCUT2D eigenvalue weighted by atomic mass is 10.2. The number of nitrogens with zero attached hydrogens (tertiary/aromatic N) is 1. The molecule has 0 aliphatic rings. The van der Waals surface area contributed by atoms with Gasteiger partial charge in [-0.2, -0.15) is 0 Å². The third-order valence-electron chi connectivity index (χ3n) is 3.48. The van der Waals surface area contributed by atoms with Crippen LogP contribution >= 0.6 is 15.9 Å². The lowest BCUT2D eigenvalue weighted by molar-refractivity contribution is 0.460. The Kier molecular flexibility index (Phi) is 3.62. The van der Waals surface area contributed by atoms with Crippen LogP contribution in [0.5, 0.6) is 5.75 Å². The van der Waals surface area contributed by atoms with Crippen LogP contribution in [0.15, 0.2) is 54.9 Å². The van der Waals surface area contributed by atoms with Gasteiger partial charge in [-0.1, -0.05) is 30.3 Å². The minimum Gasteiger partial charge on any atom is -0.506 e. The zero-order chi connectivity index (χ0) is 15.9. The molecule has 1 N–H and O–H groups in total. The van der Waals surface area contributed by atoms with E-state index in [1.54, 1.807) is 13.0 Å². The number of aromatic hydroxyl groups is 1. The Labute approximate surface area is 133 Å². The first-order valence-corrected chi connectivity index (χ1v) is 7.38. The summed E-state index contributed by atoms with van der Waals surface area (Å²) in [6.07, 6.45) is 0. The van der Waals surface area contributed by atoms with Crippen LogP contribution in [0.2, 0.25) is 0 Å². The van der Waals surface area contributed by atoms with Crippen LogP contribution in [0, 0.1) is 6.92 Å². The summed E-state index contributed by atoms with van der Waals surface area (Å²) >= 11 is 2.94. The normalized spacial score (nSPS) is 11.0. The number of benzene rings is 1. The maximum absolute atomic E-state index is 12.7. The van der Waals surface area contributed by atoms with Gasteiger partial charge in [0, 0.05) is 11.8 Å². The van der Waals surface area contributed by atoms with Gasteiger partial charge in [0.25, 0.3) is 5.56 Å². The van der Waals surface area contributed by atoms with Crippen molar-refractivity contribution in [2.45, 2.75) is 13.5 Å². The highest BCUT2D eigenvalue weighted by Gasteiger charge is 2.17. The molecular weight excluding hydrogens is 350 g/mol. The quantitative estimate of drug-likeness (QED) is 0.761. The molecule has 0 aliphatic heterocycles. The zero-order valence-electron chi connectivity index (χ0n) is 11.7. The van der Waals surface area contributed by atoms with Gasteiger partial charge in [0.05, 0.1) is 6.54 Å². The predicted molar refractivity (Wildman–Crippen MR) is 86.4 cm³/mol. The average molecular weight is 362 g/mol. The monoisotopic (exact) mass is 361 g/mol. The number of aromatic nitrogens is 1. The molecule has 0 unspecified atom stereocenters. The standard InChI is InChI=1S/C16H12BrNO4/c1-9-7-11-12(14(19)13(17)16(21)22-11)15(20)18(9)8-10-5-3-2-4-6-10/h2-7,19H,8H2,1H3. The molecule has 0 radical (unpaired) electrons. The Bertz CT molecular complexity index is 973. The molecule has 6 heteroatoms. The van der Waals surface area contributed by atoms with E-state index in [1.807, 2.05) is 30.3 Å². The second-order valence-electron chi connectivity index (χ2n) is 4.95. The average Bonchev–Trinajstić information content (AvgIpc) is 2.50. The van der Waals surface area contributed by atoms with Gasteiger partial charge >= 0.3 is 5.63 Å². The van der Waals surface area contributed by atoms with Crippen LogP contribution in [0.4, 0.5) is 0 Å². The van der Waals surface area contributed by atoms with E-state index in [0.29, 0.717) is 12.2 Å². The summed E-state index contributed by atoms with van der Waals surface area (Å²) in [5, 5.41) is 10.1. The fourth-order valence-corrected chi connectivity index (χ4v) is 2.63. The number of pyridine rings is 1. The van der Waals surface area contributed by atoms with E-state index in [4.69, 9.17) is 4.42 Å². The third kappa shape index (κ3) is 2.35. The van der Waals surface area contributed by atoms with Crippen LogP contribution < -0.4 is 11.2 Å². The fourth-order valence-electron chi connectivity index (χ4n) is 2.35. The van der Waals surface area contributed by atoms with E-state index >= 15 is 0 Å². The molecule has 0 fully saturated rings. The molecule has 3 rings (SSSR count). The second kappa shape index (κ2) is 5.46. The summed E-state index contributed by atoms with van der Waals surface area (Å²) in [6.45, 7) is 2.13. The maximum Gasteiger partial charge on any atom is 0.354 e. The van der Waals surface area contributed by atoms with E-state index in [1.165, 1.54) is 4.57 Å². The fraction of sp³-hybridized carbons (Fsp3) is 0.125. The van der Waals surface area contributed by atoms with Gasteiger partial charge in [0.2, 0.25) is 0 Å². The van der Waals surface area contributed by atoms with E-state index < -0.39 is 16.9 Å². The topological polar surface area (TPSA) is 72.4 Å². The van der Waals surface area contributed by atoms with Crippen molar-refractivity contribution in [3.8, 4) is 5.75 Å². The molecule has 0 amide bonds. The minimum atomic E-state index is -0.718. The molecule has 0 atom stereocenters. The van der Waals surface area contributed by atoms with Crippen molar-refractivity contribution in [3.05, 3.63) is 72.9 Å². The zero-order valence-corrected chi connectivity index (χ0v) is 13.3. The largest absolute Gasteiger partial charge is 0.506 e. The first kappa shape index (κ1) is 14.6. The van der Waals surface area contributed by atoms with Crippen molar-refractivity contribution >= 4 is 26.9 Å². The van der Waals surface area contributed by atoms with Crippen LogP contribution in [0.25, 0.3) is 11.0 Å². The van der Waals surface area contributed by atoms with Gasteiger partial charge in [0.1, 0.15) is 15.4 Å². The number of halogens is 1. The molecule has 5 nitrogen and oxygen atoms in total. The van der Waals surface area contributed by atoms with Crippen molar-refractivity contribution in [3.63, 3.8) is 0 Å². The molecule has 1 aromatic carbocycles. The highest BCUT2D eigenvalue weighted by molar-refractivity contribution is 9.10. The van der Waals surface area contributed by atoms with Crippen molar-refractivity contribution in [1.29, 1.82) is 0 Å². The highest BCUT2D eigenvalue weighted by Crippen LogP contribution is 2.27. The molecule has 112 valence electrons. The molecule has 2 aromatic heterocycles. The van der Waals surface area contributed by atoms with E-state index in [2.05, 4.69) is 15.9 Å². The van der Waals surface area contributed by atoms with Crippen molar-refractivity contribution in [2.24, 2.45) is 0 Å². The maximum atomic E-state index is 12.7. The molecule has 0 aliphatic carbocycles. The highest BCUT2D eigenvalue weighted by atomic mass is 79.9. The number of aryl methyl sites for hydroxylation is 1. The predicted octanol–water partition coefficient (Wildman–Crippen LogP) is 2.78. The van der Waals surface area contributed by atoms with Crippen molar-refractivity contribution in [2.75, 3.05) is 0 Å². The first-order valence-electron chi connectivity index (χ1n) is 6.58. The third-order valence-corrected chi connectivity index (χ3v) is 4.18. The Morgan fingerprint density at radius 3 is 2.59 bits per heavy atom. The lowest BCUT2D eigenvalue weighted by Gasteiger charge is -2.12. The Morgan fingerprint density at radius 2 is 1.91 bits per heavy atom. The minimum absolute atomic E-state index is 0.00648. The number of fused-ring (bicyclic) bond motifs is 1. The summed E-state index contributed by atoms with van der Waals surface area (Å²) in [4.78, 5) is 24.2. The second-order valence-corrected chi connectivity index (χ2v) is 5.75. The van der Waals surface area contributed by atoms with Gasteiger partial charge in [-0.3, -0.25) is 4.79 Å². The summed E-state index contributed by atoms with van der Waals surface area (Å²) in [7, 11) is 0.